The molecule has 1 aromatic carbocycles. The third kappa shape index (κ3) is 2.96. The maximum atomic E-state index is 10.2. The Morgan fingerprint density at radius 2 is 1.96 bits per heavy atom. The van der Waals surface area contributed by atoms with Gasteiger partial charge in [-0.1, -0.05) is 11.6 Å². The highest BCUT2D eigenvalue weighted by molar-refractivity contribution is 6.53. The number of aliphatic hydroxyl groups is 1. The fraction of sp³-hybridized carbons (Fsp3) is 0.353. The highest BCUT2D eigenvalue weighted by atomic mass is 35.5. The molecule has 2 aromatic heterocycles. The number of hydrogen-bond acceptors (Lipinski definition) is 4. The number of aromatic nitrogens is 1. The van der Waals surface area contributed by atoms with Gasteiger partial charge in [-0.15, -0.1) is 0 Å². The van der Waals surface area contributed by atoms with Crippen molar-refractivity contribution in [2.24, 2.45) is 0 Å². The summed E-state index contributed by atoms with van der Waals surface area (Å²) in [5.74, 6) is 0. The first-order valence-corrected chi connectivity index (χ1v) is 7.76. The van der Waals surface area contributed by atoms with Crippen molar-refractivity contribution in [3.05, 3.63) is 35.6 Å². The van der Waals surface area contributed by atoms with Gasteiger partial charge in [0.2, 0.25) is 0 Å². The Balaban J connectivity index is 2.07. The van der Waals surface area contributed by atoms with Crippen LogP contribution in [0.5, 0.6) is 0 Å². The molecule has 0 spiro atoms. The van der Waals surface area contributed by atoms with E-state index in [-0.39, 0.29) is 0 Å². The Morgan fingerprint density at radius 1 is 1.22 bits per heavy atom. The number of rotatable bonds is 4. The number of pyridine rings is 1. The van der Waals surface area contributed by atoms with Crippen molar-refractivity contribution >= 4 is 46.5 Å². The summed E-state index contributed by atoms with van der Waals surface area (Å²) in [6.45, 7) is 7.09. The number of fused-ring (bicyclic) bond motifs is 3. The monoisotopic (exact) mass is 330 g/mol. The molecule has 0 fully saturated rings. The second-order valence-corrected chi connectivity index (χ2v) is 7.08. The van der Waals surface area contributed by atoms with Crippen LogP contribution in [0.2, 0.25) is 5.02 Å². The third-order valence-electron chi connectivity index (χ3n) is 4.32. The van der Waals surface area contributed by atoms with E-state index < -0.39 is 11.2 Å². The Kier molecular flexibility index (Phi) is 3.91. The van der Waals surface area contributed by atoms with Gasteiger partial charge in [-0.2, -0.15) is 0 Å². The number of hydrogen-bond donors (Lipinski definition) is 1. The predicted molar refractivity (Wildman–Crippen MR) is 93.4 cm³/mol. The standard InChI is InChI=1S/C17H18BClNO3/c1-16(2,21)17(3,4)23-18-12-7-10(19)8-14-15(12)11-9-20-6-5-13(11)22-14/h5-9,21H,1-4H3. The van der Waals surface area contributed by atoms with Crippen LogP contribution >= 0.6 is 11.6 Å². The minimum absolute atomic E-state index is 0.556. The van der Waals surface area contributed by atoms with Crippen LogP contribution in [0.3, 0.4) is 0 Å². The maximum Gasteiger partial charge on any atom is 0.331 e. The molecule has 4 nitrogen and oxygen atoms in total. The molecule has 1 radical (unpaired) electrons. The van der Waals surface area contributed by atoms with Crippen LogP contribution in [0.25, 0.3) is 21.9 Å². The van der Waals surface area contributed by atoms with Gasteiger partial charge < -0.3 is 14.2 Å². The van der Waals surface area contributed by atoms with Crippen LogP contribution in [0.15, 0.2) is 35.0 Å². The summed E-state index contributed by atoms with van der Waals surface area (Å²) in [5.41, 5.74) is 0.447. The summed E-state index contributed by atoms with van der Waals surface area (Å²) in [5, 5.41) is 12.6. The summed E-state index contributed by atoms with van der Waals surface area (Å²) in [7, 11) is 1.62. The third-order valence-corrected chi connectivity index (χ3v) is 4.54. The second kappa shape index (κ2) is 5.51. The van der Waals surface area contributed by atoms with Crippen LogP contribution in [0, 0.1) is 0 Å². The molecular formula is C17H18BClNO3. The fourth-order valence-electron chi connectivity index (χ4n) is 2.20. The predicted octanol–water partition coefficient (Wildman–Crippen LogP) is 3.45. The molecule has 0 aliphatic carbocycles. The van der Waals surface area contributed by atoms with Crippen molar-refractivity contribution in [3.8, 4) is 0 Å². The Labute approximate surface area is 140 Å². The maximum absolute atomic E-state index is 10.2. The SMILES string of the molecule is CC(C)(O)C(C)(C)O[B]c1cc(Cl)cc2oc3ccncc3c12. The van der Waals surface area contributed by atoms with E-state index in [1.807, 2.05) is 26.0 Å². The molecule has 0 amide bonds. The summed E-state index contributed by atoms with van der Waals surface area (Å²) < 4.78 is 11.7. The molecule has 23 heavy (non-hydrogen) atoms. The molecule has 0 aliphatic heterocycles. The summed E-state index contributed by atoms with van der Waals surface area (Å²) >= 11 is 6.19. The van der Waals surface area contributed by atoms with E-state index >= 15 is 0 Å². The molecule has 0 saturated carbocycles. The van der Waals surface area contributed by atoms with Gasteiger partial charge in [-0.3, -0.25) is 4.98 Å². The molecule has 2 heterocycles. The van der Waals surface area contributed by atoms with E-state index in [2.05, 4.69) is 4.98 Å². The van der Waals surface area contributed by atoms with Crippen LogP contribution in [-0.2, 0) is 4.65 Å². The highest BCUT2D eigenvalue weighted by Gasteiger charge is 2.36. The van der Waals surface area contributed by atoms with Gasteiger partial charge in [-0.05, 0) is 45.3 Å². The summed E-state index contributed by atoms with van der Waals surface area (Å²) in [6, 6.07) is 5.40. The fourth-order valence-corrected chi connectivity index (χ4v) is 2.41. The van der Waals surface area contributed by atoms with Gasteiger partial charge in [0, 0.05) is 34.3 Å². The van der Waals surface area contributed by atoms with E-state index in [0.29, 0.717) is 10.6 Å². The Bertz CT molecular complexity index is 867. The first-order chi connectivity index (χ1) is 10.7. The van der Waals surface area contributed by atoms with Gasteiger partial charge in [-0.25, -0.2) is 0 Å². The molecule has 0 unspecified atom stereocenters. The van der Waals surface area contributed by atoms with Crippen LogP contribution in [0.4, 0.5) is 0 Å². The average molecular weight is 331 g/mol. The normalized spacial score (nSPS) is 13.0. The lowest BCUT2D eigenvalue weighted by atomic mass is 9.80. The zero-order valence-corrected chi connectivity index (χ0v) is 14.3. The topological polar surface area (TPSA) is 55.5 Å². The van der Waals surface area contributed by atoms with Crippen molar-refractivity contribution in [1.82, 2.24) is 4.98 Å². The lowest BCUT2D eigenvalue weighted by Crippen LogP contribution is -2.49. The van der Waals surface area contributed by atoms with E-state index in [1.165, 1.54) is 0 Å². The first-order valence-electron chi connectivity index (χ1n) is 7.38. The van der Waals surface area contributed by atoms with Crippen LogP contribution < -0.4 is 5.46 Å². The Morgan fingerprint density at radius 3 is 2.65 bits per heavy atom. The van der Waals surface area contributed by atoms with Crippen molar-refractivity contribution in [2.75, 3.05) is 0 Å². The molecule has 3 aromatic rings. The minimum atomic E-state index is -0.999. The van der Waals surface area contributed by atoms with E-state index in [9.17, 15) is 5.11 Å². The zero-order chi connectivity index (χ0) is 16.8. The molecule has 0 bridgehead atoms. The van der Waals surface area contributed by atoms with Crippen molar-refractivity contribution in [2.45, 2.75) is 38.9 Å². The number of benzene rings is 1. The van der Waals surface area contributed by atoms with Gasteiger partial charge in [0.15, 0.2) is 0 Å². The van der Waals surface area contributed by atoms with Gasteiger partial charge in [0.05, 0.1) is 11.2 Å². The largest absolute Gasteiger partial charge is 0.456 e. The van der Waals surface area contributed by atoms with Gasteiger partial charge in [0.1, 0.15) is 11.2 Å². The zero-order valence-electron chi connectivity index (χ0n) is 13.6. The molecular weight excluding hydrogens is 312 g/mol. The average Bonchev–Trinajstić information content (AvgIpc) is 2.81. The molecule has 0 aliphatic rings. The molecule has 119 valence electrons. The van der Waals surface area contributed by atoms with E-state index in [1.54, 1.807) is 39.8 Å². The van der Waals surface area contributed by atoms with Crippen molar-refractivity contribution in [3.63, 3.8) is 0 Å². The molecule has 0 atom stereocenters. The molecule has 3 rings (SSSR count). The molecule has 1 N–H and O–H groups in total. The minimum Gasteiger partial charge on any atom is -0.456 e. The molecule has 6 heteroatoms. The van der Waals surface area contributed by atoms with Gasteiger partial charge >= 0.3 is 7.48 Å². The summed E-state index contributed by atoms with van der Waals surface area (Å²) in [6.07, 6.45) is 3.44. The summed E-state index contributed by atoms with van der Waals surface area (Å²) in [4.78, 5) is 4.16. The Hall–Kier alpha value is -1.56. The van der Waals surface area contributed by atoms with Gasteiger partial charge in [0.25, 0.3) is 0 Å². The lowest BCUT2D eigenvalue weighted by molar-refractivity contribution is -0.0893. The highest BCUT2D eigenvalue weighted by Crippen LogP contribution is 2.29. The van der Waals surface area contributed by atoms with Crippen LogP contribution in [0.1, 0.15) is 27.7 Å². The smallest absolute Gasteiger partial charge is 0.331 e. The van der Waals surface area contributed by atoms with Crippen molar-refractivity contribution in [1.29, 1.82) is 0 Å². The quantitative estimate of drug-likeness (QED) is 0.745. The number of nitrogens with zero attached hydrogens (tertiary/aromatic N) is 1. The van der Waals surface area contributed by atoms with E-state index in [0.717, 1.165) is 21.8 Å². The molecule has 0 saturated heterocycles. The number of halogens is 1. The van der Waals surface area contributed by atoms with Crippen molar-refractivity contribution < 1.29 is 14.2 Å². The second-order valence-electron chi connectivity index (χ2n) is 6.65. The van der Waals surface area contributed by atoms with E-state index in [4.69, 9.17) is 20.7 Å². The lowest BCUT2D eigenvalue weighted by Gasteiger charge is -2.37. The number of furan rings is 1. The first kappa shape index (κ1) is 16.3. The van der Waals surface area contributed by atoms with Crippen LogP contribution in [-0.4, -0.2) is 28.8 Å².